The molecule has 212 valence electrons. The zero-order chi connectivity index (χ0) is 27.8. The van der Waals surface area contributed by atoms with Gasteiger partial charge in [-0.15, -0.1) is 0 Å². The zero-order valence-corrected chi connectivity index (χ0v) is 23.2. The highest BCUT2D eigenvalue weighted by Gasteiger charge is 2.33. The van der Waals surface area contributed by atoms with Crippen LogP contribution in [0.1, 0.15) is 36.2 Å². The van der Waals surface area contributed by atoms with Crippen LogP contribution in [-0.4, -0.2) is 108 Å². The summed E-state index contributed by atoms with van der Waals surface area (Å²) in [5, 5.41) is 12.8. The molecule has 1 aromatic carbocycles. The van der Waals surface area contributed by atoms with Crippen molar-refractivity contribution in [2.24, 2.45) is 5.92 Å². The van der Waals surface area contributed by atoms with Crippen LogP contribution < -0.4 is 10.1 Å². The Balaban J connectivity index is 1.50. The molecule has 2 aliphatic heterocycles. The lowest BCUT2D eigenvalue weighted by Crippen LogP contribution is -2.49. The summed E-state index contributed by atoms with van der Waals surface area (Å²) in [5.74, 6) is 0.183. The number of aliphatic hydroxyl groups excluding tert-OH is 1. The van der Waals surface area contributed by atoms with Crippen molar-refractivity contribution in [2.75, 3.05) is 64.9 Å². The van der Waals surface area contributed by atoms with E-state index in [1.165, 1.54) is 0 Å². The number of anilines is 1. The van der Waals surface area contributed by atoms with E-state index >= 15 is 0 Å². The fourth-order valence-corrected chi connectivity index (χ4v) is 5.00. The molecule has 2 aliphatic rings. The van der Waals surface area contributed by atoms with Gasteiger partial charge in [-0.05, 0) is 49.9 Å². The molecule has 1 saturated heterocycles. The molecule has 2 aromatic rings. The molecule has 1 fully saturated rings. The van der Waals surface area contributed by atoms with Crippen molar-refractivity contribution < 1.29 is 24.2 Å². The van der Waals surface area contributed by atoms with Gasteiger partial charge in [0.1, 0.15) is 11.9 Å². The van der Waals surface area contributed by atoms with Crippen molar-refractivity contribution in [3.05, 3.63) is 53.9 Å². The van der Waals surface area contributed by atoms with Gasteiger partial charge >= 0.3 is 0 Å². The largest absolute Gasteiger partial charge is 0.488 e. The minimum absolute atomic E-state index is 0.0237. The Bertz CT molecular complexity index is 1090. The molecule has 2 amide bonds. The molecule has 0 unspecified atom stereocenters. The number of carbonyl (C=O) groups is 2. The van der Waals surface area contributed by atoms with Crippen LogP contribution in [0, 0.1) is 5.92 Å². The van der Waals surface area contributed by atoms with Crippen LogP contribution in [0.25, 0.3) is 0 Å². The lowest BCUT2D eigenvalue weighted by molar-refractivity contribution is -0.116. The number of hydrogen-bond donors (Lipinski definition) is 2. The highest BCUT2D eigenvalue weighted by molar-refractivity contribution is 5.99. The maximum absolute atomic E-state index is 13.7. The van der Waals surface area contributed by atoms with Gasteiger partial charge < -0.3 is 24.8 Å². The first-order valence-corrected chi connectivity index (χ1v) is 13.7. The first kappa shape index (κ1) is 28.9. The van der Waals surface area contributed by atoms with Crippen molar-refractivity contribution >= 4 is 17.5 Å². The maximum Gasteiger partial charge on any atom is 0.258 e. The predicted molar refractivity (Wildman–Crippen MR) is 149 cm³/mol. The molecule has 0 bridgehead atoms. The lowest BCUT2D eigenvalue weighted by atomic mass is 9.99. The van der Waals surface area contributed by atoms with Crippen molar-refractivity contribution in [1.82, 2.24) is 19.7 Å². The molecular formula is C29H41N5O5. The number of likely N-dealkylation sites (N-methyl/N-ethyl adjacent to an activating group) is 1. The number of aliphatic hydroxyl groups is 1. The lowest BCUT2D eigenvalue weighted by Gasteiger charge is -2.38. The highest BCUT2D eigenvalue weighted by atomic mass is 16.5. The van der Waals surface area contributed by atoms with Gasteiger partial charge in [0.05, 0.1) is 31.4 Å². The zero-order valence-electron chi connectivity index (χ0n) is 23.2. The summed E-state index contributed by atoms with van der Waals surface area (Å²) in [5.41, 5.74) is 2.09. The minimum atomic E-state index is -0.354. The molecule has 0 spiro atoms. The van der Waals surface area contributed by atoms with Crippen LogP contribution in [0.2, 0.25) is 0 Å². The van der Waals surface area contributed by atoms with Crippen molar-refractivity contribution in [3.63, 3.8) is 0 Å². The summed E-state index contributed by atoms with van der Waals surface area (Å²) in [6, 6.07) is 8.87. The average Bonchev–Trinajstić information content (AvgIpc) is 2.94. The van der Waals surface area contributed by atoms with E-state index in [9.17, 15) is 14.7 Å². The smallest absolute Gasteiger partial charge is 0.258 e. The Morgan fingerprint density at radius 2 is 1.97 bits per heavy atom. The van der Waals surface area contributed by atoms with E-state index in [1.807, 2.05) is 26.1 Å². The summed E-state index contributed by atoms with van der Waals surface area (Å²) in [7, 11) is 2.05. The fraction of sp³-hybridized carbons (Fsp3) is 0.552. The van der Waals surface area contributed by atoms with E-state index in [-0.39, 0.29) is 36.5 Å². The molecule has 4 rings (SSSR count). The summed E-state index contributed by atoms with van der Waals surface area (Å²) >= 11 is 0. The predicted octanol–water partition coefficient (Wildman–Crippen LogP) is 2.09. The van der Waals surface area contributed by atoms with Gasteiger partial charge in [0, 0.05) is 69.7 Å². The monoisotopic (exact) mass is 539 g/mol. The molecule has 39 heavy (non-hydrogen) atoms. The maximum atomic E-state index is 13.7. The van der Waals surface area contributed by atoms with Crippen LogP contribution in [0.5, 0.6) is 5.75 Å². The quantitative estimate of drug-likeness (QED) is 0.473. The van der Waals surface area contributed by atoms with Crippen LogP contribution >= 0.6 is 0 Å². The van der Waals surface area contributed by atoms with Crippen molar-refractivity contribution in [3.8, 4) is 5.75 Å². The summed E-state index contributed by atoms with van der Waals surface area (Å²) < 4.78 is 11.9. The SMILES string of the molecule is C[C@H]1CN([C@@H](C)CO)C(=O)c2cc(NC(=O)CCN3CCOCC3)ccc2O[C@H]1CN(C)Cc1ccncc1. The Hall–Kier alpha value is -3.05. The van der Waals surface area contributed by atoms with Gasteiger partial charge in [0.25, 0.3) is 5.91 Å². The topological polar surface area (TPSA) is 107 Å². The first-order valence-electron chi connectivity index (χ1n) is 13.7. The molecule has 3 heterocycles. The Kier molecular flexibility index (Phi) is 10.3. The van der Waals surface area contributed by atoms with Crippen molar-refractivity contribution in [1.29, 1.82) is 0 Å². The minimum Gasteiger partial charge on any atom is -0.488 e. The van der Waals surface area contributed by atoms with E-state index in [1.54, 1.807) is 35.5 Å². The number of morpholine rings is 1. The van der Waals surface area contributed by atoms with Gasteiger partial charge in [0.15, 0.2) is 0 Å². The van der Waals surface area contributed by atoms with Crippen LogP contribution in [0.4, 0.5) is 5.69 Å². The molecular weight excluding hydrogens is 498 g/mol. The van der Waals surface area contributed by atoms with Crippen LogP contribution in [0.15, 0.2) is 42.7 Å². The second kappa shape index (κ2) is 13.8. The number of hydrogen-bond acceptors (Lipinski definition) is 8. The second-order valence-electron chi connectivity index (χ2n) is 10.6. The van der Waals surface area contributed by atoms with Gasteiger partial charge in [-0.2, -0.15) is 0 Å². The number of nitrogens with one attached hydrogen (secondary N) is 1. The number of ether oxygens (including phenoxy) is 2. The number of rotatable bonds is 10. The van der Waals surface area contributed by atoms with E-state index in [0.29, 0.717) is 56.3 Å². The Morgan fingerprint density at radius 3 is 2.69 bits per heavy atom. The van der Waals surface area contributed by atoms with Crippen LogP contribution in [0.3, 0.4) is 0 Å². The Morgan fingerprint density at radius 1 is 1.23 bits per heavy atom. The number of nitrogens with zero attached hydrogens (tertiary/aromatic N) is 4. The third-order valence-electron chi connectivity index (χ3n) is 7.40. The van der Waals surface area contributed by atoms with E-state index in [4.69, 9.17) is 9.47 Å². The van der Waals surface area contributed by atoms with Gasteiger partial charge in [-0.1, -0.05) is 6.92 Å². The fourth-order valence-electron chi connectivity index (χ4n) is 5.00. The van der Waals surface area contributed by atoms with E-state index < -0.39 is 0 Å². The summed E-state index contributed by atoms with van der Waals surface area (Å²) in [6.07, 6.45) is 3.74. The van der Waals surface area contributed by atoms with E-state index in [0.717, 1.165) is 25.2 Å². The molecule has 10 nitrogen and oxygen atoms in total. The average molecular weight is 540 g/mol. The van der Waals surface area contributed by atoms with Gasteiger partial charge in [-0.25, -0.2) is 0 Å². The van der Waals surface area contributed by atoms with Gasteiger partial charge in [-0.3, -0.25) is 24.4 Å². The standard InChI is InChI=1S/C29H41N5O5/c1-21-17-34(22(2)20-35)29(37)25-16-24(31-28(36)8-11-33-12-14-38-15-13-33)4-5-26(25)39-27(21)19-32(3)18-23-6-9-30-10-7-23/h4-7,9-10,16,21-22,27,35H,8,11-15,17-20H2,1-3H3,(H,31,36)/t21-,22-,27-/m0/s1. The molecule has 0 radical (unpaired) electrons. The Labute approximate surface area is 230 Å². The van der Waals surface area contributed by atoms with E-state index in [2.05, 4.69) is 27.0 Å². The summed E-state index contributed by atoms with van der Waals surface area (Å²) in [4.78, 5) is 36.6. The molecule has 0 aliphatic carbocycles. The second-order valence-corrected chi connectivity index (χ2v) is 10.6. The third kappa shape index (κ3) is 7.98. The molecule has 1 aromatic heterocycles. The molecule has 2 N–H and O–H groups in total. The molecule has 3 atom stereocenters. The summed E-state index contributed by atoms with van der Waals surface area (Å²) in [6.45, 7) is 9.32. The van der Waals surface area contributed by atoms with Crippen LogP contribution in [-0.2, 0) is 16.1 Å². The molecule has 10 heteroatoms. The molecule has 0 saturated carbocycles. The normalized spacial score (nSPS) is 21.1. The number of benzene rings is 1. The number of amides is 2. The number of aromatic nitrogens is 1. The van der Waals surface area contributed by atoms with Gasteiger partial charge in [0.2, 0.25) is 5.91 Å². The first-order chi connectivity index (χ1) is 18.8. The number of pyridine rings is 1. The van der Waals surface area contributed by atoms with Crippen molar-refractivity contribution in [2.45, 2.75) is 39.0 Å². The number of carbonyl (C=O) groups excluding carboxylic acids is 2. The third-order valence-corrected chi connectivity index (χ3v) is 7.40. The number of fused-ring (bicyclic) bond motifs is 1. The highest BCUT2D eigenvalue weighted by Crippen LogP contribution is 2.31.